The Morgan fingerprint density at radius 3 is 2.56 bits per heavy atom. The minimum absolute atomic E-state index is 0.0571. The largest absolute Gasteiger partial charge is 0.465 e. The van der Waals surface area contributed by atoms with Crippen molar-refractivity contribution in [3.63, 3.8) is 0 Å². The summed E-state index contributed by atoms with van der Waals surface area (Å²) in [5.41, 5.74) is 1.29. The number of thioether (sulfide) groups is 1. The Kier molecular flexibility index (Phi) is 6.95. The van der Waals surface area contributed by atoms with Gasteiger partial charge in [0, 0.05) is 5.69 Å². The molecule has 1 aromatic heterocycles. The number of methoxy groups -OCH3 is 1. The van der Waals surface area contributed by atoms with Crippen molar-refractivity contribution >= 4 is 51.8 Å². The van der Waals surface area contributed by atoms with Gasteiger partial charge in [-0.2, -0.15) is 0 Å². The first-order valence-electron chi connectivity index (χ1n) is 9.95. The molecule has 1 heterocycles. The van der Waals surface area contributed by atoms with Gasteiger partial charge in [0.25, 0.3) is 5.56 Å². The van der Waals surface area contributed by atoms with Crippen molar-refractivity contribution in [3.05, 3.63) is 93.5 Å². The van der Waals surface area contributed by atoms with Crippen LogP contribution in [0.15, 0.2) is 76.7 Å². The summed E-state index contributed by atoms with van der Waals surface area (Å²) < 4.78 is 19.7. The molecule has 0 spiro atoms. The van der Waals surface area contributed by atoms with Crippen molar-refractivity contribution in [2.75, 3.05) is 18.2 Å². The van der Waals surface area contributed by atoms with E-state index >= 15 is 0 Å². The lowest BCUT2D eigenvalue weighted by Crippen LogP contribution is -2.23. The second kappa shape index (κ2) is 10.1. The van der Waals surface area contributed by atoms with Crippen LogP contribution in [0.25, 0.3) is 16.6 Å². The molecule has 0 saturated heterocycles. The second-order valence-electron chi connectivity index (χ2n) is 7.06. The average Bonchev–Trinajstić information content (AvgIpc) is 2.84. The van der Waals surface area contributed by atoms with E-state index in [1.54, 1.807) is 36.4 Å². The Hall–Kier alpha value is -3.69. The zero-order valence-corrected chi connectivity index (χ0v) is 19.3. The molecule has 0 aliphatic rings. The monoisotopic (exact) mass is 497 g/mol. The molecule has 0 radical (unpaired) electrons. The maximum absolute atomic E-state index is 13.7. The van der Waals surface area contributed by atoms with Gasteiger partial charge in [-0.05, 0) is 54.6 Å². The molecule has 1 N–H and O–H groups in total. The van der Waals surface area contributed by atoms with Crippen LogP contribution >= 0.6 is 23.4 Å². The Morgan fingerprint density at radius 1 is 1.12 bits per heavy atom. The number of amides is 1. The summed E-state index contributed by atoms with van der Waals surface area (Å²) in [7, 11) is 1.29. The standard InChI is InChI=1S/C24H17ClFN3O4S/c1-33-23(32)14-6-8-15(9-7-14)27-21(30)13-34-24-28-20-5-3-2-4-17(20)22(31)29(24)16-10-11-19(26)18(25)12-16/h2-12H,13H2,1H3,(H,27,30). The number of rotatable bonds is 6. The van der Waals surface area contributed by atoms with Gasteiger partial charge in [-0.25, -0.2) is 14.2 Å². The molecule has 4 rings (SSSR count). The Bertz CT molecular complexity index is 1460. The normalized spacial score (nSPS) is 10.8. The van der Waals surface area contributed by atoms with Crippen molar-refractivity contribution in [2.45, 2.75) is 5.16 Å². The Labute approximate surface area is 202 Å². The predicted molar refractivity (Wildman–Crippen MR) is 129 cm³/mol. The highest BCUT2D eigenvalue weighted by atomic mass is 35.5. The van der Waals surface area contributed by atoms with Gasteiger partial charge in [-0.15, -0.1) is 0 Å². The number of benzene rings is 3. The van der Waals surface area contributed by atoms with Gasteiger partial charge in [0.1, 0.15) is 5.82 Å². The van der Waals surface area contributed by atoms with E-state index < -0.39 is 11.8 Å². The first kappa shape index (κ1) is 23.5. The quantitative estimate of drug-likeness (QED) is 0.236. The van der Waals surface area contributed by atoms with Gasteiger partial charge in [0.05, 0.1) is 40.0 Å². The summed E-state index contributed by atoms with van der Waals surface area (Å²) in [5, 5.41) is 3.22. The lowest BCUT2D eigenvalue weighted by molar-refractivity contribution is -0.113. The van der Waals surface area contributed by atoms with Crippen molar-refractivity contribution in [1.29, 1.82) is 0 Å². The first-order valence-corrected chi connectivity index (χ1v) is 11.3. The van der Waals surface area contributed by atoms with Gasteiger partial charge in [0.15, 0.2) is 5.16 Å². The molecule has 0 saturated carbocycles. The number of fused-ring (bicyclic) bond motifs is 1. The molecule has 0 aliphatic carbocycles. The third-order valence-electron chi connectivity index (χ3n) is 4.83. The number of halogens is 2. The number of anilines is 1. The summed E-state index contributed by atoms with van der Waals surface area (Å²) in [6, 6.07) is 17.0. The number of ether oxygens (including phenoxy) is 1. The molecule has 0 bridgehead atoms. The van der Waals surface area contributed by atoms with Gasteiger partial charge < -0.3 is 10.1 Å². The maximum Gasteiger partial charge on any atom is 0.337 e. The molecule has 34 heavy (non-hydrogen) atoms. The number of carbonyl (C=O) groups excluding carboxylic acids is 2. The zero-order chi connectivity index (χ0) is 24.2. The van der Waals surface area contributed by atoms with Crippen LogP contribution < -0.4 is 10.9 Å². The first-order chi connectivity index (χ1) is 16.4. The fourth-order valence-corrected chi connectivity index (χ4v) is 4.18. The zero-order valence-electron chi connectivity index (χ0n) is 17.7. The van der Waals surface area contributed by atoms with Crippen LogP contribution in [-0.2, 0) is 9.53 Å². The Balaban J connectivity index is 1.61. The van der Waals surface area contributed by atoms with Crippen LogP contribution in [0.3, 0.4) is 0 Å². The number of carbonyl (C=O) groups is 2. The number of para-hydroxylation sites is 1. The molecule has 7 nitrogen and oxygen atoms in total. The molecule has 4 aromatic rings. The van der Waals surface area contributed by atoms with E-state index in [4.69, 9.17) is 11.6 Å². The summed E-state index contributed by atoms with van der Waals surface area (Å²) >= 11 is 6.98. The van der Waals surface area contributed by atoms with Crippen LogP contribution in [0.2, 0.25) is 5.02 Å². The summed E-state index contributed by atoms with van der Waals surface area (Å²) in [5.74, 6) is -1.49. The predicted octanol–water partition coefficient (Wildman–Crippen LogP) is 4.70. The molecule has 3 aromatic carbocycles. The number of hydrogen-bond acceptors (Lipinski definition) is 6. The van der Waals surface area contributed by atoms with Crippen LogP contribution in [-0.4, -0.2) is 34.3 Å². The number of hydrogen-bond donors (Lipinski definition) is 1. The molecular formula is C24H17ClFN3O4S. The van der Waals surface area contributed by atoms with E-state index in [1.165, 1.54) is 42.0 Å². The highest BCUT2D eigenvalue weighted by molar-refractivity contribution is 7.99. The number of nitrogens with zero attached hydrogens (tertiary/aromatic N) is 2. The number of esters is 1. The topological polar surface area (TPSA) is 90.3 Å². The molecule has 0 fully saturated rings. The minimum Gasteiger partial charge on any atom is -0.465 e. The number of aromatic nitrogens is 2. The summed E-state index contributed by atoms with van der Waals surface area (Å²) in [6.07, 6.45) is 0. The van der Waals surface area contributed by atoms with E-state index in [0.717, 1.165) is 11.8 Å². The molecule has 10 heteroatoms. The van der Waals surface area contributed by atoms with Crippen LogP contribution in [0.4, 0.5) is 10.1 Å². The maximum atomic E-state index is 13.7. The number of nitrogens with one attached hydrogen (secondary N) is 1. The van der Waals surface area contributed by atoms with Crippen LogP contribution in [0, 0.1) is 5.82 Å². The van der Waals surface area contributed by atoms with Crippen LogP contribution in [0.1, 0.15) is 10.4 Å². The molecule has 0 aliphatic heterocycles. The smallest absolute Gasteiger partial charge is 0.337 e. The Morgan fingerprint density at radius 2 is 1.85 bits per heavy atom. The molecule has 1 amide bonds. The lowest BCUT2D eigenvalue weighted by Gasteiger charge is -2.14. The molecule has 0 atom stereocenters. The SMILES string of the molecule is COC(=O)c1ccc(NC(=O)CSc2nc3ccccc3c(=O)n2-c2ccc(F)c(Cl)c2)cc1. The molecule has 0 unspecified atom stereocenters. The minimum atomic E-state index is -0.612. The van der Waals surface area contributed by atoms with E-state index in [9.17, 15) is 18.8 Å². The van der Waals surface area contributed by atoms with Gasteiger partial charge in [0.2, 0.25) is 5.91 Å². The van der Waals surface area contributed by atoms with E-state index in [-0.39, 0.29) is 27.4 Å². The molecular weight excluding hydrogens is 481 g/mol. The van der Waals surface area contributed by atoms with Gasteiger partial charge in [-0.3, -0.25) is 14.2 Å². The highest BCUT2D eigenvalue weighted by Crippen LogP contribution is 2.24. The summed E-state index contributed by atoms with van der Waals surface area (Å²) in [6.45, 7) is 0. The molecule has 172 valence electrons. The lowest BCUT2D eigenvalue weighted by atomic mass is 10.2. The van der Waals surface area contributed by atoms with Crippen LogP contribution in [0.5, 0.6) is 0 Å². The second-order valence-corrected chi connectivity index (χ2v) is 8.41. The van der Waals surface area contributed by atoms with Crippen molar-refractivity contribution in [1.82, 2.24) is 9.55 Å². The van der Waals surface area contributed by atoms with E-state index in [1.807, 2.05) is 0 Å². The third-order valence-corrected chi connectivity index (χ3v) is 6.06. The van der Waals surface area contributed by atoms with Crippen molar-refractivity contribution < 1.29 is 18.7 Å². The van der Waals surface area contributed by atoms with Gasteiger partial charge >= 0.3 is 5.97 Å². The fourth-order valence-electron chi connectivity index (χ4n) is 3.20. The third kappa shape index (κ3) is 4.95. The highest BCUT2D eigenvalue weighted by Gasteiger charge is 2.16. The summed E-state index contributed by atoms with van der Waals surface area (Å²) in [4.78, 5) is 41.9. The van der Waals surface area contributed by atoms with E-state index in [0.29, 0.717) is 27.8 Å². The van der Waals surface area contributed by atoms with E-state index in [2.05, 4.69) is 15.0 Å². The van der Waals surface area contributed by atoms with Crippen molar-refractivity contribution in [3.8, 4) is 5.69 Å². The fraction of sp³-hybridized carbons (Fsp3) is 0.0833. The average molecular weight is 498 g/mol. The van der Waals surface area contributed by atoms with Crippen molar-refractivity contribution in [2.24, 2.45) is 0 Å². The van der Waals surface area contributed by atoms with Gasteiger partial charge in [-0.1, -0.05) is 35.5 Å².